The first-order valence-electron chi connectivity index (χ1n) is 12.7. The SMILES string of the molecule is C[C@@H]1CN(c2nc(=O)n3c4c(cc(C(F)(F)F)cc24)[SH](c2cc(Cl)cs2)C[C@@H](Oc2cnccn2)C3)C[C@H](C)N1. The molecule has 0 spiro atoms. The highest BCUT2D eigenvalue weighted by molar-refractivity contribution is 8.18. The van der Waals surface area contributed by atoms with Crippen LogP contribution in [-0.4, -0.2) is 56.5 Å². The molecule has 0 amide bonds. The van der Waals surface area contributed by atoms with E-state index in [2.05, 4.69) is 20.3 Å². The molecule has 40 heavy (non-hydrogen) atoms. The zero-order chi connectivity index (χ0) is 28.2. The predicted molar refractivity (Wildman–Crippen MR) is 151 cm³/mol. The monoisotopic (exact) mass is 610 g/mol. The first-order chi connectivity index (χ1) is 19.1. The maximum atomic E-state index is 14.4. The van der Waals surface area contributed by atoms with Gasteiger partial charge in [-0.25, -0.2) is 9.78 Å². The summed E-state index contributed by atoms with van der Waals surface area (Å²) in [5.74, 6) is 0.902. The molecule has 0 bridgehead atoms. The van der Waals surface area contributed by atoms with Gasteiger partial charge in [-0.1, -0.05) is 11.6 Å². The van der Waals surface area contributed by atoms with E-state index in [1.807, 2.05) is 18.7 Å². The van der Waals surface area contributed by atoms with E-state index in [-0.39, 0.29) is 30.3 Å². The largest absolute Gasteiger partial charge is 0.471 e. The fourth-order valence-electron chi connectivity index (χ4n) is 5.47. The maximum absolute atomic E-state index is 14.4. The van der Waals surface area contributed by atoms with Crippen LogP contribution < -0.4 is 20.6 Å². The number of thiophene rings is 1. The molecule has 2 aliphatic heterocycles. The van der Waals surface area contributed by atoms with Crippen molar-refractivity contribution in [1.82, 2.24) is 24.8 Å². The molecule has 5 heterocycles. The molecule has 0 radical (unpaired) electrons. The first kappa shape index (κ1) is 27.3. The van der Waals surface area contributed by atoms with E-state index < -0.39 is 34.4 Å². The molecule has 14 heteroatoms. The highest BCUT2D eigenvalue weighted by atomic mass is 35.5. The molecule has 1 fully saturated rings. The Morgan fingerprint density at radius 2 is 1.93 bits per heavy atom. The topological polar surface area (TPSA) is 85.2 Å². The number of benzene rings is 1. The van der Waals surface area contributed by atoms with Gasteiger partial charge in [-0.05, 0) is 32.0 Å². The van der Waals surface area contributed by atoms with Crippen LogP contribution in [0.5, 0.6) is 5.88 Å². The number of aromatic nitrogens is 4. The van der Waals surface area contributed by atoms with Crippen LogP contribution in [-0.2, 0) is 12.7 Å². The lowest BCUT2D eigenvalue weighted by atomic mass is 10.1. The highest BCUT2D eigenvalue weighted by Crippen LogP contribution is 2.54. The van der Waals surface area contributed by atoms with Crippen molar-refractivity contribution >= 4 is 50.6 Å². The first-order valence-corrected chi connectivity index (χ1v) is 15.5. The summed E-state index contributed by atoms with van der Waals surface area (Å²) in [5, 5.41) is 6.01. The molecule has 212 valence electrons. The standard InChI is InChI=1S/C26H26ClF3N6O2S2/c1-14-9-35(10-15(2)33-14)24-19-5-16(26(28,29)30)6-20-23(19)36(25(37)34-24)11-18(38-21-8-31-3-4-32-21)13-40(20)22-7-17(27)12-39-22/h3-8,12,14-15,18,33,40H,9-11,13H2,1-2H3/t14-,15+,18-/m0/s1. The highest BCUT2D eigenvalue weighted by Gasteiger charge is 2.37. The van der Waals surface area contributed by atoms with Gasteiger partial charge in [0.1, 0.15) is 11.9 Å². The van der Waals surface area contributed by atoms with Gasteiger partial charge in [0.2, 0.25) is 5.88 Å². The Morgan fingerprint density at radius 3 is 2.58 bits per heavy atom. The summed E-state index contributed by atoms with van der Waals surface area (Å²) in [6.45, 7) is 5.12. The summed E-state index contributed by atoms with van der Waals surface area (Å²) >= 11 is 7.68. The van der Waals surface area contributed by atoms with Gasteiger partial charge in [-0.3, -0.25) is 9.55 Å². The van der Waals surface area contributed by atoms with Crippen molar-refractivity contribution in [2.24, 2.45) is 0 Å². The lowest BCUT2D eigenvalue weighted by Gasteiger charge is -2.37. The molecule has 1 N–H and O–H groups in total. The number of nitrogens with one attached hydrogen (secondary N) is 1. The number of alkyl halides is 3. The number of ether oxygens (including phenoxy) is 1. The maximum Gasteiger partial charge on any atom is 0.416 e. The van der Waals surface area contributed by atoms with Crippen molar-refractivity contribution in [3.8, 4) is 5.88 Å². The van der Waals surface area contributed by atoms with Gasteiger partial charge in [0, 0.05) is 63.2 Å². The van der Waals surface area contributed by atoms with Gasteiger partial charge in [-0.15, -0.1) is 11.3 Å². The number of anilines is 1. The van der Waals surface area contributed by atoms with Crippen LogP contribution in [0.2, 0.25) is 5.02 Å². The molecule has 2 aliphatic rings. The van der Waals surface area contributed by atoms with Crippen LogP contribution in [0.3, 0.4) is 0 Å². The Kier molecular flexibility index (Phi) is 7.18. The number of nitrogens with zero attached hydrogens (tertiary/aromatic N) is 5. The Balaban J connectivity index is 1.61. The average molecular weight is 611 g/mol. The second-order valence-electron chi connectivity index (χ2n) is 10.1. The number of hydrogen-bond donors (Lipinski definition) is 2. The van der Waals surface area contributed by atoms with Gasteiger partial charge in [-0.2, -0.15) is 29.1 Å². The lowest BCUT2D eigenvalue weighted by Crippen LogP contribution is -2.55. The Labute approximate surface area is 239 Å². The van der Waals surface area contributed by atoms with E-state index in [0.717, 1.165) is 10.3 Å². The molecule has 0 saturated carbocycles. The quantitative estimate of drug-likeness (QED) is 0.315. The predicted octanol–water partition coefficient (Wildman–Crippen LogP) is 4.99. The van der Waals surface area contributed by atoms with Crippen LogP contribution in [0.25, 0.3) is 10.9 Å². The molecule has 3 aromatic heterocycles. The zero-order valence-electron chi connectivity index (χ0n) is 21.5. The Hall–Kier alpha value is -2.87. The summed E-state index contributed by atoms with van der Waals surface area (Å²) in [5.41, 5.74) is -0.846. The summed E-state index contributed by atoms with van der Waals surface area (Å²) in [7, 11) is -1.39. The van der Waals surface area contributed by atoms with Gasteiger partial charge >= 0.3 is 11.9 Å². The molecule has 4 aromatic rings. The summed E-state index contributed by atoms with van der Waals surface area (Å²) in [6, 6.07) is 4.25. The number of thiol groups is 1. The normalized spacial score (nSPS) is 24.2. The third-order valence-electron chi connectivity index (χ3n) is 6.93. The molecular formula is C26H26ClF3N6O2S2. The fraction of sp³-hybridized carbons (Fsp3) is 0.385. The van der Waals surface area contributed by atoms with Gasteiger partial charge in [0.15, 0.2) is 0 Å². The molecule has 8 nitrogen and oxygen atoms in total. The number of halogens is 4. The minimum Gasteiger partial charge on any atom is -0.471 e. The minimum atomic E-state index is -4.59. The third-order valence-corrected chi connectivity index (χ3v) is 11.3. The lowest BCUT2D eigenvalue weighted by molar-refractivity contribution is -0.137. The van der Waals surface area contributed by atoms with Crippen LogP contribution >= 0.6 is 33.8 Å². The van der Waals surface area contributed by atoms with E-state index in [1.165, 1.54) is 40.6 Å². The van der Waals surface area contributed by atoms with Crippen molar-refractivity contribution < 1.29 is 17.9 Å². The molecular weight excluding hydrogens is 585 g/mol. The Morgan fingerprint density at radius 1 is 1.15 bits per heavy atom. The van der Waals surface area contributed by atoms with Crippen molar-refractivity contribution in [2.75, 3.05) is 23.7 Å². The van der Waals surface area contributed by atoms with E-state index in [4.69, 9.17) is 16.3 Å². The second-order valence-corrected chi connectivity index (χ2v) is 13.9. The van der Waals surface area contributed by atoms with Crippen LogP contribution in [0.1, 0.15) is 19.4 Å². The molecule has 0 aliphatic carbocycles. The molecule has 4 atom stereocenters. The van der Waals surface area contributed by atoms with Crippen LogP contribution in [0.4, 0.5) is 19.0 Å². The van der Waals surface area contributed by atoms with Crippen molar-refractivity contribution in [3.63, 3.8) is 0 Å². The van der Waals surface area contributed by atoms with E-state index >= 15 is 0 Å². The zero-order valence-corrected chi connectivity index (χ0v) is 24.0. The molecule has 6 rings (SSSR count). The molecule has 1 aromatic carbocycles. The number of rotatable bonds is 4. The second kappa shape index (κ2) is 10.5. The number of piperazine rings is 1. The van der Waals surface area contributed by atoms with E-state index in [9.17, 15) is 18.0 Å². The van der Waals surface area contributed by atoms with Crippen LogP contribution in [0.15, 0.2) is 56.1 Å². The van der Waals surface area contributed by atoms with E-state index in [1.54, 1.807) is 11.4 Å². The minimum absolute atomic E-state index is 0.0686. The smallest absolute Gasteiger partial charge is 0.416 e. The van der Waals surface area contributed by atoms with Gasteiger partial charge in [0.25, 0.3) is 0 Å². The van der Waals surface area contributed by atoms with Crippen molar-refractivity contribution in [1.29, 1.82) is 0 Å². The molecule has 1 unspecified atom stereocenters. The van der Waals surface area contributed by atoms with E-state index in [0.29, 0.717) is 39.7 Å². The third kappa shape index (κ3) is 5.27. The number of hydrogen-bond acceptors (Lipinski definition) is 8. The van der Waals surface area contributed by atoms with Crippen LogP contribution in [0, 0.1) is 0 Å². The summed E-state index contributed by atoms with van der Waals surface area (Å²) in [6.07, 6.45) is -0.685. The van der Waals surface area contributed by atoms with Crippen molar-refractivity contribution in [3.05, 3.63) is 63.2 Å². The Bertz CT molecular complexity index is 1610. The average Bonchev–Trinajstić information content (AvgIpc) is 3.25. The van der Waals surface area contributed by atoms with Crippen molar-refractivity contribution in [2.45, 2.75) is 53.9 Å². The van der Waals surface area contributed by atoms with Gasteiger partial charge in [0.05, 0.1) is 28.8 Å². The fourth-order valence-corrected chi connectivity index (χ4v) is 9.83. The van der Waals surface area contributed by atoms with Gasteiger partial charge < -0.3 is 15.0 Å². The summed E-state index contributed by atoms with van der Waals surface area (Å²) < 4.78 is 51.6. The molecule has 1 saturated heterocycles. The summed E-state index contributed by atoms with van der Waals surface area (Å²) in [4.78, 5) is 28.7.